The summed E-state index contributed by atoms with van der Waals surface area (Å²) in [5.41, 5.74) is 6.43. The van der Waals surface area contributed by atoms with Crippen molar-refractivity contribution in [3.8, 4) is 22.4 Å². The molecule has 0 aliphatic heterocycles. The normalized spacial score (nSPS) is 11.0. The van der Waals surface area contributed by atoms with Gasteiger partial charge < -0.3 is 0 Å². The van der Waals surface area contributed by atoms with E-state index in [1.807, 2.05) is 60.7 Å². The fourth-order valence-electron chi connectivity index (χ4n) is 2.69. The number of aromatic nitrogens is 3. The van der Waals surface area contributed by atoms with Gasteiger partial charge >= 0.3 is 0 Å². The summed E-state index contributed by atoms with van der Waals surface area (Å²) in [6.45, 7) is 0. The predicted octanol–water partition coefficient (Wildman–Crippen LogP) is 5.16. The van der Waals surface area contributed by atoms with E-state index in [4.69, 9.17) is 16.6 Å². The highest BCUT2D eigenvalue weighted by atomic mass is 35.5. The first-order chi connectivity index (χ1) is 11.4. The highest BCUT2D eigenvalue weighted by molar-refractivity contribution is 7.00. The van der Waals surface area contributed by atoms with Crippen LogP contribution in [0.25, 0.3) is 33.4 Å². The Labute approximate surface area is 142 Å². The van der Waals surface area contributed by atoms with Crippen LogP contribution in [0.4, 0.5) is 0 Å². The van der Waals surface area contributed by atoms with Crippen molar-refractivity contribution in [2.24, 2.45) is 0 Å². The van der Waals surface area contributed by atoms with Crippen LogP contribution in [0, 0.1) is 0 Å². The molecule has 0 aliphatic carbocycles. The molecule has 0 bridgehead atoms. The largest absolute Gasteiger partial charge is 0.248 e. The highest BCUT2D eigenvalue weighted by Crippen LogP contribution is 2.35. The van der Waals surface area contributed by atoms with Crippen molar-refractivity contribution >= 4 is 34.4 Å². The first-order valence-corrected chi connectivity index (χ1v) is 8.47. The second kappa shape index (κ2) is 6.07. The zero-order chi connectivity index (χ0) is 15.6. The minimum absolute atomic E-state index is 0.331. The van der Waals surface area contributed by atoms with Gasteiger partial charge in [-0.2, -0.15) is 8.75 Å². The summed E-state index contributed by atoms with van der Waals surface area (Å²) < 4.78 is 9.00. The van der Waals surface area contributed by atoms with Gasteiger partial charge in [0, 0.05) is 11.1 Å². The first kappa shape index (κ1) is 14.3. The third-order valence-electron chi connectivity index (χ3n) is 3.72. The number of fused-ring (bicyclic) bond motifs is 1. The third-order valence-corrected chi connectivity index (χ3v) is 4.50. The van der Waals surface area contributed by atoms with Gasteiger partial charge in [-0.25, -0.2) is 4.98 Å². The van der Waals surface area contributed by atoms with Crippen molar-refractivity contribution in [3.05, 3.63) is 66.4 Å². The van der Waals surface area contributed by atoms with E-state index in [1.165, 1.54) is 11.7 Å². The molecule has 23 heavy (non-hydrogen) atoms. The Bertz CT molecular complexity index is 952. The summed E-state index contributed by atoms with van der Waals surface area (Å²) in [6, 6.07) is 20.1. The number of nitrogens with zero attached hydrogens (tertiary/aromatic N) is 3. The molecule has 0 N–H and O–H groups in total. The molecule has 3 nitrogen and oxygen atoms in total. The molecule has 0 unspecified atom stereocenters. The SMILES string of the molecule is ClCc1nc(-c2ccccc2)c2nsnc2c1-c1ccccc1. The smallest absolute Gasteiger partial charge is 0.131 e. The maximum atomic E-state index is 6.20. The Morgan fingerprint density at radius 2 is 1.39 bits per heavy atom. The van der Waals surface area contributed by atoms with E-state index in [0.29, 0.717) is 5.88 Å². The number of alkyl halides is 1. The summed E-state index contributed by atoms with van der Waals surface area (Å²) in [4.78, 5) is 4.81. The van der Waals surface area contributed by atoms with Crippen molar-refractivity contribution < 1.29 is 0 Å². The van der Waals surface area contributed by atoms with Crippen molar-refractivity contribution in [3.63, 3.8) is 0 Å². The number of pyridine rings is 1. The molecule has 4 rings (SSSR count). The van der Waals surface area contributed by atoms with Crippen molar-refractivity contribution in [1.29, 1.82) is 0 Å². The van der Waals surface area contributed by atoms with Crippen LogP contribution in [0.3, 0.4) is 0 Å². The third kappa shape index (κ3) is 2.50. The lowest BCUT2D eigenvalue weighted by atomic mass is 10.0. The van der Waals surface area contributed by atoms with Gasteiger partial charge in [0.15, 0.2) is 0 Å². The summed E-state index contributed by atoms with van der Waals surface area (Å²) in [7, 11) is 0. The van der Waals surface area contributed by atoms with E-state index in [9.17, 15) is 0 Å². The molecule has 0 radical (unpaired) electrons. The maximum absolute atomic E-state index is 6.20. The fraction of sp³-hybridized carbons (Fsp3) is 0.0556. The maximum Gasteiger partial charge on any atom is 0.131 e. The molecular formula is C18H12ClN3S. The van der Waals surface area contributed by atoms with E-state index in [1.54, 1.807) is 0 Å². The van der Waals surface area contributed by atoms with Gasteiger partial charge in [-0.3, -0.25) is 0 Å². The number of hydrogen-bond acceptors (Lipinski definition) is 4. The van der Waals surface area contributed by atoms with Gasteiger partial charge in [0.1, 0.15) is 11.0 Å². The van der Waals surface area contributed by atoms with Gasteiger partial charge in [0.25, 0.3) is 0 Å². The van der Waals surface area contributed by atoms with Crippen LogP contribution in [0.5, 0.6) is 0 Å². The average molecular weight is 338 g/mol. The molecule has 2 aromatic heterocycles. The molecule has 2 aromatic carbocycles. The summed E-state index contributed by atoms with van der Waals surface area (Å²) in [6.07, 6.45) is 0. The molecule has 5 heteroatoms. The van der Waals surface area contributed by atoms with Crippen LogP contribution < -0.4 is 0 Å². The molecule has 112 valence electrons. The van der Waals surface area contributed by atoms with E-state index in [2.05, 4.69) is 8.75 Å². The van der Waals surface area contributed by atoms with Crippen LogP contribution in [0.1, 0.15) is 5.69 Å². The van der Waals surface area contributed by atoms with Crippen LogP contribution in [-0.2, 0) is 5.88 Å². The minimum Gasteiger partial charge on any atom is -0.248 e. The monoisotopic (exact) mass is 337 g/mol. The number of hydrogen-bond donors (Lipinski definition) is 0. The zero-order valence-corrected chi connectivity index (χ0v) is 13.7. The van der Waals surface area contributed by atoms with Crippen LogP contribution in [-0.4, -0.2) is 13.7 Å². The topological polar surface area (TPSA) is 38.7 Å². The van der Waals surface area contributed by atoms with Gasteiger partial charge in [-0.05, 0) is 5.56 Å². The number of halogens is 1. The first-order valence-electron chi connectivity index (χ1n) is 7.20. The Morgan fingerprint density at radius 1 is 0.783 bits per heavy atom. The number of benzene rings is 2. The Hall–Kier alpha value is -2.30. The summed E-state index contributed by atoms with van der Waals surface area (Å²) >= 11 is 7.41. The van der Waals surface area contributed by atoms with Crippen LogP contribution in [0.15, 0.2) is 60.7 Å². The lowest BCUT2D eigenvalue weighted by molar-refractivity contribution is 1.19. The van der Waals surface area contributed by atoms with E-state index < -0.39 is 0 Å². The predicted molar refractivity (Wildman–Crippen MR) is 95.6 cm³/mol. The zero-order valence-electron chi connectivity index (χ0n) is 12.1. The molecule has 0 amide bonds. The van der Waals surface area contributed by atoms with Crippen molar-refractivity contribution in [2.45, 2.75) is 5.88 Å². The highest BCUT2D eigenvalue weighted by Gasteiger charge is 2.19. The van der Waals surface area contributed by atoms with E-state index in [0.717, 1.165) is 39.1 Å². The molecule has 0 spiro atoms. The minimum atomic E-state index is 0.331. The number of rotatable bonds is 3. The molecule has 2 heterocycles. The van der Waals surface area contributed by atoms with E-state index >= 15 is 0 Å². The molecule has 0 atom stereocenters. The fourth-order valence-corrected chi connectivity index (χ4v) is 3.44. The quantitative estimate of drug-likeness (QED) is 0.485. The average Bonchev–Trinajstić information content (AvgIpc) is 3.11. The summed E-state index contributed by atoms with van der Waals surface area (Å²) in [5, 5.41) is 0. The molecule has 0 fully saturated rings. The Morgan fingerprint density at radius 3 is 2.04 bits per heavy atom. The molecule has 4 aromatic rings. The van der Waals surface area contributed by atoms with Gasteiger partial charge in [-0.1, -0.05) is 60.7 Å². The second-order valence-electron chi connectivity index (χ2n) is 5.11. The van der Waals surface area contributed by atoms with Gasteiger partial charge in [-0.15, -0.1) is 11.6 Å². The molecule has 0 saturated carbocycles. The van der Waals surface area contributed by atoms with Gasteiger partial charge in [0.05, 0.1) is 29.0 Å². The van der Waals surface area contributed by atoms with E-state index in [-0.39, 0.29) is 0 Å². The lowest BCUT2D eigenvalue weighted by Crippen LogP contribution is -1.97. The second-order valence-corrected chi connectivity index (χ2v) is 5.90. The van der Waals surface area contributed by atoms with Crippen molar-refractivity contribution in [1.82, 2.24) is 13.7 Å². The molecule has 0 saturated heterocycles. The molecular weight excluding hydrogens is 326 g/mol. The van der Waals surface area contributed by atoms with Crippen molar-refractivity contribution in [2.75, 3.05) is 0 Å². The van der Waals surface area contributed by atoms with Crippen LogP contribution >= 0.6 is 23.3 Å². The standard InChI is InChI=1S/C18H12ClN3S/c19-11-14-15(12-7-3-1-4-8-12)17-18(22-23-21-17)16(20-14)13-9-5-2-6-10-13/h1-10H,11H2. The Kier molecular flexibility index (Phi) is 3.77. The van der Waals surface area contributed by atoms with Crippen LogP contribution in [0.2, 0.25) is 0 Å². The lowest BCUT2D eigenvalue weighted by Gasteiger charge is -2.11. The summed E-state index contributed by atoms with van der Waals surface area (Å²) in [5.74, 6) is 0.331. The Balaban J connectivity index is 2.05. The van der Waals surface area contributed by atoms with Gasteiger partial charge in [0.2, 0.25) is 0 Å². The molecule has 0 aliphatic rings.